The first-order chi connectivity index (χ1) is 9.28. The van der Waals surface area contributed by atoms with Gasteiger partial charge >= 0.3 is 0 Å². The molecule has 3 nitrogen and oxygen atoms in total. The van der Waals surface area contributed by atoms with E-state index >= 15 is 0 Å². The Balaban J connectivity index is 1.55. The lowest BCUT2D eigenvalue weighted by Gasteiger charge is -2.39. The number of benzene rings is 1. The molecule has 0 bridgehead atoms. The fourth-order valence-electron chi connectivity index (χ4n) is 3.26. The average molecular weight is 261 g/mol. The first kappa shape index (κ1) is 12.9. The molecule has 19 heavy (non-hydrogen) atoms. The summed E-state index contributed by atoms with van der Waals surface area (Å²) in [5, 5.41) is 3.74. The van der Waals surface area contributed by atoms with E-state index in [2.05, 4.69) is 30.4 Å². The molecule has 1 aliphatic carbocycles. The standard InChI is InChI=1S/C16H23NO2/c1-11-15(7-8-19-11)17-13-9-12(10-13)14-5-3-4-6-16(14)18-2/h3-6,11-13,15,17H,7-10H2,1-2H3. The molecule has 0 radical (unpaired) electrons. The van der Waals surface area contributed by atoms with Crippen LogP contribution in [0.2, 0.25) is 0 Å². The third-order valence-corrected chi connectivity index (χ3v) is 4.54. The molecular weight excluding hydrogens is 238 g/mol. The van der Waals surface area contributed by atoms with Crippen LogP contribution in [0.5, 0.6) is 5.75 Å². The van der Waals surface area contributed by atoms with Gasteiger partial charge in [-0.15, -0.1) is 0 Å². The molecule has 1 aliphatic heterocycles. The molecule has 2 unspecified atom stereocenters. The van der Waals surface area contributed by atoms with Gasteiger partial charge in [0.1, 0.15) is 5.75 Å². The summed E-state index contributed by atoms with van der Waals surface area (Å²) < 4.78 is 11.0. The van der Waals surface area contributed by atoms with E-state index in [-0.39, 0.29) is 0 Å². The van der Waals surface area contributed by atoms with Crippen molar-refractivity contribution in [1.82, 2.24) is 5.32 Å². The molecule has 0 aromatic heterocycles. The minimum absolute atomic E-state index is 0.366. The topological polar surface area (TPSA) is 30.5 Å². The number of hydrogen-bond donors (Lipinski definition) is 1. The molecule has 1 aromatic rings. The Hall–Kier alpha value is -1.06. The molecule has 2 fully saturated rings. The maximum Gasteiger partial charge on any atom is 0.122 e. The summed E-state index contributed by atoms with van der Waals surface area (Å²) in [7, 11) is 1.75. The van der Waals surface area contributed by atoms with E-state index in [0.29, 0.717) is 24.1 Å². The summed E-state index contributed by atoms with van der Waals surface area (Å²) in [6.45, 7) is 3.07. The summed E-state index contributed by atoms with van der Waals surface area (Å²) in [4.78, 5) is 0. The van der Waals surface area contributed by atoms with Crippen LogP contribution in [0.4, 0.5) is 0 Å². The molecule has 1 saturated heterocycles. The number of methoxy groups -OCH3 is 1. The van der Waals surface area contributed by atoms with Crippen molar-refractivity contribution in [3.05, 3.63) is 29.8 Å². The van der Waals surface area contributed by atoms with Gasteiger partial charge in [0.2, 0.25) is 0 Å². The Kier molecular flexibility index (Phi) is 3.76. The van der Waals surface area contributed by atoms with Crippen LogP contribution in [-0.2, 0) is 4.74 Å². The molecule has 1 aromatic carbocycles. The number of nitrogens with one attached hydrogen (secondary N) is 1. The van der Waals surface area contributed by atoms with E-state index in [4.69, 9.17) is 9.47 Å². The minimum Gasteiger partial charge on any atom is -0.496 e. The normalized spacial score (nSPS) is 34.0. The Morgan fingerprint density at radius 3 is 2.74 bits per heavy atom. The molecule has 1 heterocycles. The van der Waals surface area contributed by atoms with Crippen LogP contribution in [0.1, 0.15) is 37.7 Å². The van der Waals surface area contributed by atoms with Crippen molar-refractivity contribution < 1.29 is 9.47 Å². The zero-order valence-corrected chi connectivity index (χ0v) is 11.8. The van der Waals surface area contributed by atoms with Gasteiger partial charge in [-0.25, -0.2) is 0 Å². The van der Waals surface area contributed by atoms with Gasteiger partial charge in [-0.2, -0.15) is 0 Å². The maximum atomic E-state index is 5.60. The van der Waals surface area contributed by atoms with Crippen molar-refractivity contribution >= 4 is 0 Å². The zero-order chi connectivity index (χ0) is 13.2. The minimum atomic E-state index is 0.366. The average Bonchev–Trinajstić information content (AvgIpc) is 2.79. The van der Waals surface area contributed by atoms with E-state index in [0.717, 1.165) is 18.8 Å². The Morgan fingerprint density at radius 2 is 2.05 bits per heavy atom. The Bertz CT molecular complexity index is 429. The van der Waals surface area contributed by atoms with Crippen LogP contribution in [-0.4, -0.2) is 31.9 Å². The lowest BCUT2D eigenvalue weighted by Crippen LogP contribution is -2.47. The highest BCUT2D eigenvalue weighted by Crippen LogP contribution is 2.41. The third-order valence-electron chi connectivity index (χ3n) is 4.54. The van der Waals surface area contributed by atoms with E-state index in [1.54, 1.807) is 7.11 Å². The number of para-hydroxylation sites is 1. The molecule has 3 heteroatoms. The highest BCUT2D eigenvalue weighted by molar-refractivity contribution is 5.37. The lowest BCUT2D eigenvalue weighted by molar-refractivity contribution is 0.106. The van der Waals surface area contributed by atoms with E-state index in [9.17, 15) is 0 Å². The largest absolute Gasteiger partial charge is 0.496 e. The fourth-order valence-corrected chi connectivity index (χ4v) is 3.26. The van der Waals surface area contributed by atoms with Gasteiger partial charge in [0.25, 0.3) is 0 Å². The second-order valence-electron chi connectivity index (χ2n) is 5.74. The molecular formula is C16H23NO2. The SMILES string of the molecule is COc1ccccc1C1CC(NC2CCOC2C)C1. The van der Waals surface area contributed by atoms with Crippen molar-refractivity contribution in [2.75, 3.05) is 13.7 Å². The van der Waals surface area contributed by atoms with Crippen molar-refractivity contribution in [1.29, 1.82) is 0 Å². The van der Waals surface area contributed by atoms with Gasteiger partial charge < -0.3 is 14.8 Å². The van der Waals surface area contributed by atoms with Crippen LogP contribution < -0.4 is 10.1 Å². The predicted octanol–water partition coefficient (Wildman–Crippen LogP) is 2.71. The number of hydrogen-bond acceptors (Lipinski definition) is 3. The van der Waals surface area contributed by atoms with Gasteiger partial charge in [0.15, 0.2) is 0 Å². The lowest BCUT2D eigenvalue weighted by atomic mass is 9.75. The van der Waals surface area contributed by atoms with Crippen LogP contribution in [0.25, 0.3) is 0 Å². The van der Waals surface area contributed by atoms with E-state index < -0.39 is 0 Å². The number of rotatable bonds is 4. The van der Waals surface area contributed by atoms with Gasteiger partial charge in [0, 0.05) is 18.7 Å². The van der Waals surface area contributed by atoms with Crippen LogP contribution >= 0.6 is 0 Å². The summed E-state index contributed by atoms with van der Waals surface area (Å²) in [5.41, 5.74) is 1.36. The third kappa shape index (κ3) is 2.63. The Morgan fingerprint density at radius 1 is 1.26 bits per heavy atom. The first-order valence-electron chi connectivity index (χ1n) is 7.28. The molecule has 3 rings (SSSR count). The summed E-state index contributed by atoms with van der Waals surface area (Å²) in [6.07, 6.45) is 3.94. The van der Waals surface area contributed by atoms with Crippen LogP contribution in [0.15, 0.2) is 24.3 Å². The molecule has 2 aliphatic rings. The predicted molar refractivity (Wildman–Crippen MR) is 75.7 cm³/mol. The molecule has 0 amide bonds. The quantitative estimate of drug-likeness (QED) is 0.904. The van der Waals surface area contributed by atoms with Crippen molar-refractivity contribution in [3.63, 3.8) is 0 Å². The smallest absolute Gasteiger partial charge is 0.122 e. The molecule has 104 valence electrons. The van der Waals surface area contributed by atoms with Gasteiger partial charge in [-0.1, -0.05) is 18.2 Å². The summed E-state index contributed by atoms with van der Waals surface area (Å²) in [6, 6.07) is 9.58. The number of ether oxygens (including phenoxy) is 2. The highest BCUT2D eigenvalue weighted by Gasteiger charge is 2.35. The zero-order valence-electron chi connectivity index (χ0n) is 11.8. The molecule has 1 saturated carbocycles. The summed E-state index contributed by atoms with van der Waals surface area (Å²) >= 11 is 0. The highest BCUT2D eigenvalue weighted by atomic mass is 16.5. The first-order valence-corrected chi connectivity index (χ1v) is 7.28. The van der Waals surface area contributed by atoms with E-state index in [1.807, 2.05) is 6.07 Å². The van der Waals surface area contributed by atoms with Crippen LogP contribution in [0, 0.1) is 0 Å². The molecule has 1 N–H and O–H groups in total. The van der Waals surface area contributed by atoms with E-state index in [1.165, 1.54) is 18.4 Å². The van der Waals surface area contributed by atoms with Crippen molar-refractivity contribution in [2.45, 2.75) is 50.3 Å². The monoisotopic (exact) mass is 261 g/mol. The van der Waals surface area contributed by atoms with Gasteiger partial charge in [-0.05, 0) is 43.7 Å². The molecule has 2 atom stereocenters. The summed E-state index contributed by atoms with van der Waals surface area (Å²) in [5.74, 6) is 1.68. The molecule has 0 spiro atoms. The second kappa shape index (κ2) is 5.51. The Labute approximate surface area is 115 Å². The van der Waals surface area contributed by atoms with Gasteiger partial charge in [0.05, 0.1) is 13.2 Å². The maximum absolute atomic E-state index is 5.60. The fraction of sp³-hybridized carbons (Fsp3) is 0.625. The van der Waals surface area contributed by atoms with Gasteiger partial charge in [-0.3, -0.25) is 0 Å². The van der Waals surface area contributed by atoms with Crippen LogP contribution in [0.3, 0.4) is 0 Å². The van der Waals surface area contributed by atoms with Crippen molar-refractivity contribution in [2.24, 2.45) is 0 Å². The van der Waals surface area contributed by atoms with Crippen molar-refractivity contribution in [3.8, 4) is 5.75 Å². The second-order valence-corrected chi connectivity index (χ2v) is 5.74.